The van der Waals surface area contributed by atoms with Gasteiger partial charge in [-0.2, -0.15) is 0 Å². The molecule has 0 radical (unpaired) electrons. The Morgan fingerprint density at radius 3 is 2.62 bits per heavy atom. The lowest BCUT2D eigenvalue weighted by molar-refractivity contribution is -0.171. The molecule has 72 valence electrons. The second-order valence-electron chi connectivity index (χ2n) is 5.73. The largest absolute Gasteiger partial charge is 0.350 e. The Hall–Kier alpha value is -0.530. The average molecular weight is 179 g/mol. The molecule has 0 unspecified atom stereocenters. The lowest BCUT2D eigenvalue weighted by Crippen LogP contribution is -2.74. The molecular weight excluding hydrogens is 162 g/mol. The summed E-state index contributed by atoms with van der Waals surface area (Å²) in [5.74, 6) is 1.96. The molecule has 0 aromatic heterocycles. The van der Waals surface area contributed by atoms with Crippen LogP contribution in [0, 0.1) is 17.3 Å². The number of rotatable bonds is 0. The third kappa shape index (κ3) is 0.733. The normalized spacial score (nSPS) is 50.8. The van der Waals surface area contributed by atoms with Crippen LogP contribution in [0.5, 0.6) is 0 Å². The predicted octanol–water partition coefficient (Wildman–Crippen LogP) is 1.70. The maximum absolute atomic E-state index is 11.0. The summed E-state index contributed by atoms with van der Waals surface area (Å²) in [6.45, 7) is 4.74. The summed E-state index contributed by atoms with van der Waals surface area (Å²) in [7, 11) is 0. The molecule has 3 aliphatic carbocycles. The van der Waals surface area contributed by atoms with E-state index in [1.54, 1.807) is 0 Å². The van der Waals surface area contributed by atoms with Crippen LogP contribution in [0.4, 0.5) is 0 Å². The minimum Gasteiger partial charge on any atom is -0.350 e. The minimum absolute atomic E-state index is 0.231. The van der Waals surface area contributed by atoms with Crippen molar-refractivity contribution in [1.82, 2.24) is 5.32 Å². The number of fused-ring (bicyclic) bond motifs is 1. The molecule has 1 heterocycles. The molecule has 4 rings (SSSR count). The van der Waals surface area contributed by atoms with E-state index in [0.29, 0.717) is 5.41 Å². The van der Waals surface area contributed by atoms with E-state index >= 15 is 0 Å². The molecular formula is C11H17NO. The number of amides is 1. The SMILES string of the molecule is CC1(C)[C@H]2CC[C@@]3(CC(=O)N3)[C@@H]1C2. The second kappa shape index (κ2) is 1.94. The second-order valence-corrected chi connectivity index (χ2v) is 5.73. The number of β-lactam (4-membered cyclic amide) rings is 1. The van der Waals surface area contributed by atoms with Crippen LogP contribution in [0.15, 0.2) is 0 Å². The highest BCUT2D eigenvalue weighted by Crippen LogP contribution is 2.64. The topological polar surface area (TPSA) is 29.1 Å². The van der Waals surface area contributed by atoms with E-state index in [4.69, 9.17) is 0 Å². The van der Waals surface area contributed by atoms with Crippen molar-refractivity contribution in [2.45, 2.75) is 45.1 Å². The molecule has 0 aromatic rings. The third-order valence-electron chi connectivity index (χ3n) is 4.94. The van der Waals surface area contributed by atoms with Crippen molar-refractivity contribution in [1.29, 1.82) is 0 Å². The number of carbonyl (C=O) groups is 1. The molecule has 4 fully saturated rings. The molecule has 13 heavy (non-hydrogen) atoms. The molecule has 1 saturated heterocycles. The van der Waals surface area contributed by atoms with E-state index in [1.807, 2.05) is 0 Å². The summed E-state index contributed by atoms with van der Waals surface area (Å²) in [6, 6.07) is 0. The monoisotopic (exact) mass is 179 g/mol. The zero-order valence-electron chi connectivity index (χ0n) is 8.39. The Bertz CT molecular complexity index is 272. The van der Waals surface area contributed by atoms with Crippen LogP contribution >= 0.6 is 0 Å². The van der Waals surface area contributed by atoms with Gasteiger partial charge in [-0.15, -0.1) is 0 Å². The maximum atomic E-state index is 11.0. The Morgan fingerprint density at radius 1 is 1.46 bits per heavy atom. The molecule has 3 atom stereocenters. The predicted molar refractivity (Wildman–Crippen MR) is 50.1 cm³/mol. The lowest BCUT2D eigenvalue weighted by atomic mass is 9.41. The van der Waals surface area contributed by atoms with Crippen LogP contribution in [0.25, 0.3) is 0 Å². The van der Waals surface area contributed by atoms with Crippen LogP contribution in [0.3, 0.4) is 0 Å². The zero-order valence-corrected chi connectivity index (χ0v) is 8.39. The van der Waals surface area contributed by atoms with E-state index in [2.05, 4.69) is 19.2 Å². The van der Waals surface area contributed by atoms with E-state index in [9.17, 15) is 4.79 Å². The van der Waals surface area contributed by atoms with Crippen molar-refractivity contribution in [3.8, 4) is 0 Å². The first-order chi connectivity index (χ1) is 6.05. The van der Waals surface area contributed by atoms with Gasteiger partial charge in [-0.25, -0.2) is 0 Å². The zero-order chi connectivity index (χ0) is 9.27. The van der Waals surface area contributed by atoms with Crippen LogP contribution in [-0.2, 0) is 4.79 Å². The van der Waals surface area contributed by atoms with Crippen molar-refractivity contribution in [2.24, 2.45) is 17.3 Å². The number of hydrogen-bond donors (Lipinski definition) is 1. The fraction of sp³-hybridized carbons (Fsp3) is 0.909. The van der Waals surface area contributed by atoms with Gasteiger partial charge >= 0.3 is 0 Å². The summed E-state index contributed by atoms with van der Waals surface area (Å²) in [5.41, 5.74) is 0.723. The van der Waals surface area contributed by atoms with Gasteiger partial charge in [-0.3, -0.25) is 4.79 Å². The van der Waals surface area contributed by atoms with Gasteiger partial charge < -0.3 is 5.32 Å². The average Bonchev–Trinajstić information content (AvgIpc) is 2.01. The fourth-order valence-corrected chi connectivity index (χ4v) is 3.96. The summed E-state index contributed by atoms with van der Waals surface area (Å²) in [4.78, 5) is 11.0. The van der Waals surface area contributed by atoms with Crippen LogP contribution in [0.1, 0.15) is 39.5 Å². The van der Waals surface area contributed by atoms with Crippen molar-refractivity contribution in [3.05, 3.63) is 0 Å². The van der Waals surface area contributed by atoms with Crippen LogP contribution < -0.4 is 5.32 Å². The van der Waals surface area contributed by atoms with E-state index in [1.165, 1.54) is 19.3 Å². The molecule has 1 amide bonds. The Labute approximate surface area is 79.1 Å². The van der Waals surface area contributed by atoms with Crippen molar-refractivity contribution < 1.29 is 4.79 Å². The number of nitrogens with one attached hydrogen (secondary N) is 1. The lowest BCUT2D eigenvalue weighted by Gasteiger charge is -2.67. The molecule has 1 spiro atoms. The molecule has 2 bridgehead atoms. The van der Waals surface area contributed by atoms with Crippen LogP contribution in [0.2, 0.25) is 0 Å². The molecule has 0 aromatic carbocycles. The van der Waals surface area contributed by atoms with Gasteiger partial charge in [0.15, 0.2) is 0 Å². The standard InChI is InChI=1S/C11H17NO/c1-10(2)7-3-4-11(8(10)5-7)6-9(13)12-11/h7-8H,3-6H2,1-2H3,(H,12,13)/t7-,8+,11+/m0/s1. The maximum Gasteiger partial charge on any atom is 0.222 e. The fourth-order valence-electron chi connectivity index (χ4n) is 3.96. The van der Waals surface area contributed by atoms with E-state index < -0.39 is 0 Å². The Balaban J connectivity index is 1.88. The molecule has 3 saturated carbocycles. The molecule has 2 nitrogen and oxygen atoms in total. The van der Waals surface area contributed by atoms with Crippen molar-refractivity contribution >= 4 is 5.91 Å². The van der Waals surface area contributed by atoms with Gasteiger partial charge in [0.05, 0.1) is 5.54 Å². The summed E-state index contributed by atoms with van der Waals surface area (Å²) in [6.07, 6.45) is 4.71. The van der Waals surface area contributed by atoms with Gasteiger partial charge in [0, 0.05) is 6.42 Å². The van der Waals surface area contributed by atoms with Gasteiger partial charge in [-0.1, -0.05) is 13.8 Å². The van der Waals surface area contributed by atoms with Crippen molar-refractivity contribution in [2.75, 3.05) is 0 Å². The highest BCUT2D eigenvalue weighted by atomic mass is 16.2. The van der Waals surface area contributed by atoms with Gasteiger partial charge in [0.25, 0.3) is 0 Å². The first-order valence-corrected chi connectivity index (χ1v) is 5.36. The first kappa shape index (κ1) is 7.84. The van der Waals surface area contributed by atoms with E-state index in [-0.39, 0.29) is 11.4 Å². The molecule has 1 N–H and O–H groups in total. The van der Waals surface area contributed by atoms with Crippen molar-refractivity contribution in [3.63, 3.8) is 0 Å². The van der Waals surface area contributed by atoms with Gasteiger partial charge in [0.1, 0.15) is 0 Å². The minimum atomic E-state index is 0.231. The quantitative estimate of drug-likeness (QED) is 0.563. The Kier molecular flexibility index (Phi) is 1.17. The molecule has 4 aliphatic rings. The highest BCUT2D eigenvalue weighted by molar-refractivity contribution is 5.85. The summed E-state index contributed by atoms with van der Waals surface area (Å²) < 4.78 is 0. The van der Waals surface area contributed by atoms with Gasteiger partial charge in [-0.05, 0) is 36.5 Å². The Morgan fingerprint density at radius 2 is 2.15 bits per heavy atom. The third-order valence-corrected chi connectivity index (χ3v) is 4.94. The molecule has 1 aliphatic heterocycles. The highest BCUT2D eigenvalue weighted by Gasteiger charge is 2.64. The van der Waals surface area contributed by atoms with Gasteiger partial charge in [0.2, 0.25) is 5.91 Å². The smallest absolute Gasteiger partial charge is 0.222 e. The first-order valence-electron chi connectivity index (χ1n) is 5.36. The number of hydrogen-bond acceptors (Lipinski definition) is 1. The summed E-state index contributed by atoms with van der Waals surface area (Å²) in [5, 5.41) is 3.16. The van der Waals surface area contributed by atoms with E-state index in [0.717, 1.165) is 18.3 Å². The summed E-state index contributed by atoms with van der Waals surface area (Å²) >= 11 is 0. The molecule has 2 heteroatoms. The van der Waals surface area contributed by atoms with Crippen LogP contribution in [-0.4, -0.2) is 11.4 Å². The number of carbonyl (C=O) groups excluding carboxylic acids is 1.